The number of rotatable bonds is 8. The molecule has 10 nitrogen and oxygen atoms in total. The van der Waals surface area contributed by atoms with E-state index in [1.165, 1.54) is 22.0 Å². The molecule has 4 aromatic rings. The number of nitro groups is 1. The summed E-state index contributed by atoms with van der Waals surface area (Å²) >= 11 is 1.18. The number of benzene rings is 2. The highest BCUT2D eigenvalue weighted by Crippen LogP contribution is 2.33. The lowest BCUT2D eigenvalue weighted by Crippen LogP contribution is -2.40. The number of nitro benzene ring substituents is 1. The van der Waals surface area contributed by atoms with Crippen LogP contribution in [-0.2, 0) is 9.53 Å². The molecule has 0 radical (unpaired) electrons. The molecule has 3 heterocycles. The number of aryl methyl sites for hydroxylation is 1. The Morgan fingerprint density at radius 3 is 2.53 bits per heavy atom. The minimum absolute atomic E-state index is 0.0118. The van der Waals surface area contributed by atoms with Crippen LogP contribution in [-0.4, -0.2) is 28.2 Å². The fraction of sp³-hybridized carbons (Fsp3) is 0.281. The van der Waals surface area contributed by atoms with E-state index in [0.717, 1.165) is 5.56 Å². The molecule has 0 unspecified atom stereocenters. The van der Waals surface area contributed by atoms with E-state index in [0.29, 0.717) is 55.6 Å². The van der Waals surface area contributed by atoms with Crippen LogP contribution in [0.1, 0.15) is 56.2 Å². The maximum atomic E-state index is 13.9. The van der Waals surface area contributed by atoms with E-state index in [4.69, 9.17) is 13.9 Å². The third-order valence-electron chi connectivity index (χ3n) is 7.11. The second-order valence-electron chi connectivity index (χ2n) is 10.4. The number of nitrogens with zero attached hydrogens (tertiary/aromatic N) is 3. The van der Waals surface area contributed by atoms with Gasteiger partial charge in [-0.1, -0.05) is 23.5 Å². The second-order valence-corrected chi connectivity index (χ2v) is 11.4. The summed E-state index contributed by atoms with van der Waals surface area (Å²) in [7, 11) is 0. The first-order valence-corrected chi connectivity index (χ1v) is 14.6. The Morgan fingerprint density at radius 1 is 1.16 bits per heavy atom. The van der Waals surface area contributed by atoms with Crippen molar-refractivity contribution in [1.82, 2.24) is 4.57 Å². The second kappa shape index (κ2) is 11.8. The van der Waals surface area contributed by atoms with Gasteiger partial charge in [0.05, 0.1) is 39.5 Å². The van der Waals surface area contributed by atoms with Crippen LogP contribution < -0.4 is 19.6 Å². The number of hydrogen-bond acceptors (Lipinski definition) is 9. The molecule has 0 saturated heterocycles. The molecule has 0 aliphatic carbocycles. The minimum Gasteiger partial charge on any atom is -0.494 e. The zero-order valence-electron chi connectivity index (χ0n) is 24.7. The van der Waals surface area contributed by atoms with Gasteiger partial charge in [0.15, 0.2) is 4.80 Å². The average Bonchev–Trinajstić information content (AvgIpc) is 3.53. The number of hydrogen-bond donors (Lipinski definition) is 0. The molecule has 0 fully saturated rings. The van der Waals surface area contributed by atoms with E-state index in [2.05, 4.69) is 4.99 Å². The van der Waals surface area contributed by atoms with E-state index in [9.17, 15) is 19.7 Å². The molecule has 5 rings (SSSR count). The third-order valence-corrected chi connectivity index (χ3v) is 8.10. The lowest BCUT2D eigenvalue weighted by molar-refractivity contribution is -0.385. The number of fused-ring (bicyclic) bond motifs is 1. The van der Waals surface area contributed by atoms with Gasteiger partial charge < -0.3 is 13.9 Å². The predicted octanol–water partition coefficient (Wildman–Crippen LogP) is 5.37. The van der Waals surface area contributed by atoms with Crippen molar-refractivity contribution in [3.05, 3.63) is 112 Å². The van der Waals surface area contributed by atoms with Gasteiger partial charge >= 0.3 is 5.97 Å². The van der Waals surface area contributed by atoms with Gasteiger partial charge in [-0.05, 0) is 83.0 Å². The normalized spacial score (nSPS) is 15.0. The van der Waals surface area contributed by atoms with Crippen LogP contribution >= 0.6 is 11.3 Å². The van der Waals surface area contributed by atoms with Gasteiger partial charge in [0.1, 0.15) is 17.3 Å². The van der Waals surface area contributed by atoms with Crippen LogP contribution in [0.3, 0.4) is 0 Å². The standard InChI is InChI=1S/C32H31N3O7S/c1-7-40-23-10-8-21(9-11-23)29-28(31(37)41-17(2)3)20(6)33-32-34(29)30(36)27(43-32)16-24-12-13-26(42-24)22-14-18(4)19(5)25(15-22)35(38)39/h8-17,29H,7H2,1-6H3/b27-16+/t29-/m1/s1. The summed E-state index contributed by atoms with van der Waals surface area (Å²) in [4.78, 5) is 43.4. The van der Waals surface area contributed by atoms with E-state index in [1.54, 1.807) is 58.0 Å². The molecule has 0 amide bonds. The largest absolute Gasteiger partial charge is 0.494 e. The number of furan rings is 1. The fourth-order valence-electron chi connectivity index (χ4n) is 4.98. The average molecular weight is 602 g/mol. The first kappa shape index (κ1) is 29.7. The molecule has 0 bridgehead atoms. The maximum absolute atomic E-state index is 13.9. The van der Waals surface area contributed by atoms with Crippen LogP contribution in [0, 0.1) is 24.0 Å². The Hall–Kier alpha value is -4.77. The quantitative estimate of drug-likeness (QED) is 0.151. The first-order chi connectivity index (χ1) is 20.5. The summed E-state index contributed by atoms with van der Waals surface area (Å²) < 4.78 is 19.0. The van der Waals surface area contributed by atoms with Crippen LogP contribution in [0.15, 0.2) is 74.0 Å². The first-order valence-electron chi connectivity index (χ1n) is 13.8. The van der Waals surface area contributed by atoms with Gasteiger partial charge in [-0.2, -0.15) is 0 Å². The topological polar surface area (TPSA) is 126 Å². The van der Waals surface area contributed by atoms with Crippen molar-refractivity contribution in [1.29, 1.82) is 0 Å². The number of aromatic nitrogens is 1. The van der Waals surface area contributed by atoms with Gasteiger partial charge in [0, 0.05) is 23.3 Å². The summed E-state index contributed by atoms with van der Waals surface area (Å²) in [5, 5.41) is 11.5. The van der Waals surface area contributed by atoms with Crippen molar-refractivity contribution in [3.8, 4) is 17.1 Å². The van der Waals surface area contributed by atoms with Crippen molar-refractivity contribution in [2.24, 2.45) is 4.99 Å². The molecule has 0 spiro atoms. The number of esters is 1. The van der Waals surface area contributed by atoms with Gasteiger partial charge in [0.2, 0.25) is 0 Å². The molecule has 1 aliphatic heterocycles. The maximum Gasteiger partial charge on any atom is 0.338 e. The monoisotopic (exact) mass is 601 g/mol. The van der Waals surface area contributed by atoms with Crippen LogP contribution in [0.5, 0.6) is 5.75 Å². The number of thiazole rings is 1. The van der Waals surface area contributed by atoms with Crippen molar-refractivity contribution in [2.45, 2.75) is 53.7 Å². The minimum atomic E-state index is -0.761. The summed E-state index contributed by atoms with van der Waals surface area (Å²) in [5.74, 6) is 0.969. The Kier molecular flexibility index (Phi) is 8.19. The highest BCUT2D eigenvalue weighted by Gasteiger charge is 2.34. The number of allylic oxidation sites excluding steroid dienone is 1. The molecule has 43 heavy (non-hydrogen) atoms. The molecule has 0 N–H and O–H groups in total. The Morgan fingerprint density at radius 2 is 1.88 bits per heavy atom. The molecule has 0 saturated carbocycles. The number of carbonyl (C=O) groups is 1. The van der Waals surface area contributed by atoms with Gasteiger partial charge in [-0.25, -0.2) is 9.79 Å². The third kappa shape index (κ3) is 5.80. The van der Waals surface area contributed by atoms with Crippen molar-refractivity contribution < 1.29 is 23.6 Å². The van der Waals surface area contributed by atoms with Crippen LogP contribution in [0.25, 0.3) is 17.4 Å². The zero-order chi connectivity index (χ0) is 31.0. The summed E-state index contributed by atoms with van der Waals surface area (Å²) in [6.07, 6.45) is 1.26. The molecule has 1 aliphatic rings. The molecule has 2 aromatic heterocycles. The van der Waals surface area contributed by atoms with E-state index in [-0.39, 0.29) is 22.9 Å². The smallest absolute Gasteiger partial charge is 0.338 e. The Labute approximate surface area is 251 Å². The van der Waals surface area contributed by atoms with Crippen molar-refractivity contribution in [3.63, 3.8) is 0 Å². The molecule has 1 atom stereocenters. The SMILES string of the molecule is CCOc1ccc([C@@H]2C(C(=O)OC(C)C)=C(C)N=c3s/c(=C/c4ccc(-c5cc(C)c(C)c([N+](=O)[O-])c5)o4)c(=O)n32)cc1. The predicted molar refractivity (Wildman–Crippen MR) is 163 cm³/mol. The van der Waals surface area contributed by atoms with E-state index >= 15 is 0 Å². The van der Waals surface area contributed by atoms with E-state index < -0.39 is 16.9 Å². The van der Waals surface area contributed by atoms with E-state index in [1.807, 2.05) is 32.0 Å². The van der Waals surface area contributed by atoms with Crippen molar-refractivity contribution in [2.75, 3.05) is 6.61 Å². The van der Waals surface area contributed by atoms with Gasteiger partial charge in [0.25, 0.3) is 11.2 Å². The zero-order valence-corrected chi connectivity index (χ0v) is 25.5. The molecule has 222 valence electrons. The van der Waals surface area contributed by atoms with Gasteiger partial charge in [-0.3, -0.25) is 19.5 Å². The van der Waals surface area contributed by atoms with Crippen LogP contribution in [0.4, 0.5) is 5.69 Å². The lowest BCUT2D eigenvalue weighted by atomic mass is 9.96. The lowest BCUT2D eigenvalue weighted by Gasteiger charge is -2.25. The van der Waals surface area contributed by atoms with Crippen molar-refractivity contribution >= 4 is 29.1 Å². The molecule has 11 heteroatoms. The molecule has 2 aromatic carbocycles. The molecular weight excluding hydrogens is 570 g/mol. The number of carbonyl (C=O) groups excluding carboxylic acids is 1. The summed E-state index contributed by atoms with van der Waals surface area (Å²) in [6.45, 7) is 11.2. The highest BCUT2D eigenvalue weighted by molar-refractivity contribution is 7.07. The summed E-state index contributed by atoms with van der Waals surface area (Å²) in [5.41, 5.74) is 3.06. The fourth-order valence-corrected chi connectivity index (χ4v) is 6.00. The van der Waals surface area contributed by atoms with Gasteiger partial charge in [-0.15, -0.1) is 0 Å². The number of ether oxygens (including phenoxy) is 2. The summed E-state index contributed by atoms with van der Waals surface area (Å²) in [6, 6.07) is 13.2. The highest BCUT2D eigenvalue weighted by atomic mass is 32.1. The Bertz CT molecular complexity index is 1950. The molecular formula is C32H31N3O7S. The van der Waals surface area contributed by atoms with Crippen LogP contribution in [0.2, 0.25) is 0 Å². The Balaban J connectivity index is 1.61.